The van der Waals surface area contributed by atoms with Gasteiger partial charge in [-0.1, -0.05) is 6.07 Å². The highest BCUT2D eigenvalue weighted by Crippen LogP contribution is 2.38. The summed E-state index contributed by atoms with van der Waals surface area (Å²) < 4.78 is 16.7. The smallest absolute Gasteiger partial charge is 0.215 e. The third-order valence-electron chi connectivity index (χ3n) is 5.21. The van der Waals surface area contributed by atoms with Crippen LogP contribution in [0, 0.1) is 6.92 Å². The molecule has 0 aliphatic carbocycles. The molecule has 2 heterocycles. The summed E-state index contributed by atoms with van der Waals surface area (Å²) in [5.41, 5.74) is 3.26. The number of fused-ring (bicyclic) bond motifs is 2. The normalized spacial score (nSPS) is 10.4. The number of pyridine rings is 2. The van der Waals surface area contributed by atoms with Gasteiger partial charge < -0.3 is 19.3 Å². The van der Waals surface area contributed by atoms with Gasteiger partial charge in [-0.05, 0) is 55.1 Å². The van der Waals surface area contributed by atoms with Crippen LogP contribution in [-0.2, 0) is 6.42 Å². The Labute approximate surface area is 199 Å². The van der Waals surface area contributed by atoms with Crippen molar-refractivity contribution < 1.29 is 19.3 Å². The molecule has 170 valence electrons. The molecule has 0 saturated carbocycles. The molecular weight excluding hydrogens is 451 g/mol. The third kappa shape index (κ3) is 4.61. The van der Waals surface area contributed by atoms with Gasteiger partial charge in [-0.2, -0.15) is 0 Å². The maximum atomic E-state index is 10.7. The molecule has 0 bridgehead atoms. The second kappa shape index (κ2) is 10.6. The predicted molar refractivity (Wildman–Crippen MR) is 131 cm³/mol. The maximum absolute atomic E-state index is 10.7. The molecule has 4 aromatic rings. The van der Waals surface area contributed by atoms with Crippen LogP contribution < -0.4 is 14.2 Å². The van der Waals surface area contributed by atoms with Crippen LogP contribution in [0.5, 0.6) is 23.1 Å². The molecule has 0 fully saturated rings. The molecule has 8 heteroatoms. The summed E-state index contributed by atoms with van der Waals surface area (Å²) in [6, 6.07) is 11.7. The van der Waals surface area contributed by atoms with Gasteiger partial charge in [0.25, 0.3) is 0 Å². The molecule has 0 unspecified atom stereocenters. The molecule has 1 N–H and O–H groups in total. The van der Waals surface area contributed by atoms with Crippen molar-refractivity contribution in [2.75, 3.05) is 20.8 Å². The van der Waals surface area contributed by atoms with Crippen molar-refractivity contribution in [3.8, 4) is 23.1 Å². The van der Waals surface area contributed by atoms with E-state index in [-0.39, 0.29) is 30.7 Å². The Morgan fingerprint density at radius 1 is 0.906 bits per heavy atom. The highest BCUT2D eigenvalue weighted by atomic mass is 35.5. The zero-order chi connectivity index (χ0) is 21.3. The lowest BCUT2D eigenvalue weighted by Gasteiger charge is -2.15. The van der Waals surface area contributed by atoms with E-state index < -0.39 is 0 Å². The van der Waals surface area contributed by atoms with Crippen molar-refractivity contribution in [2.45, 2.75) is 20.3 Å². The van der Waals surface area contributed by atoms with Crippen LogP contribution >= 0.6 is 24.8 Å². The quantitative estimate of drug-likeness (QED) is 0.387. The zero-order valence-electron chi connectivity index (χ0n) is 18.3. The second-order valence-corrected chi connectivity index (χ2v) is 7.03. The number of benzene rings is 2. The van der Waals surface area contributed by atoms with Crippen LogP contribution in [0.4, 0.5) is 0 Å². The molecule has 4 rings (SSSR count). The number of methoxy groups -OCH3 is 2. The standard InChI is InChI=1S/C24H24N2O4.2ClH/c1-5-30-21-8-6-7-20-19(21)10-15(13-25-20)9-18-17-12-23(29-4)22(28-3)11-16(17)14(2)26-24(18)27;;/h6-8,10-13H,5,9H2,1-4H3,(H,26,27);2*1H. The van der Waals surface area contributed by atoms with Gasteiger partial charge in [0.05, 0.1) is 26.3 Å². The number of aromatic hydroxyl groups is 1. The van der Waals surface area contributed by atoms with E-state index in [4.69, 9.17) is 14.2 Å². The minimum atomic E-state index is 0. The first-order chi connectivity index (χ1) is 14.5. The van der Waals surface area contributed by atoms with Gasteiger partial charge in [0.15, 0.2) is 11.5 Å². The molecule has 2 aromatic heterocycles. The van der Waals surface area contributed by atoms with Crippen molar-refractivity contribution in [1.29, 1.82) is 0 Å². The van der Waals surface area contributed by atoms with Crippen molar-refractivity contribution in [3.63, 3.8) is 0 Å². The van der Waals surface area contributed by atoms with E-state index >= 15 is 0 Å². The average Bonchev–Trinajstić information content (AvgIpc) is 2.76. The molecule has 6 nitrogen and oxygen atoms in total. The number of rotatable bonds is 6. The molecule has 0 aliphatic heterocycles. The van der Waals surface area contributed by atoms with E-state index in [9.17, 15) is 5.11 Å². The van der Waals surface area contributed by atoms with Crippen molar-refractivity contribution in [2.24, 2.45) is 0 Å². The fourth-order valence-electron chi connectivity index (χ4n) is 3.76. The number of nitrogens with zero attached hydrogens (tertiary/aromatic N) is 2. The van der Waals surface area contributed by atoms with Crippen molar-refractivity contribution in [1.82, 2.24) is 9.97 Å². The molecular formula is C24H26Cl2N2O4. The van der Waals surface area contributed by atoms with Crippen LogP contribution in [0.15, 0.2) is 42.6 Å². The minimum Gasteiger partial charge on any atom is -0.493 e. The van der Waals surface area contributed by atoms with E-state index in [1.807, 2.05) is 50.4 Å². The summed E-state index contributed by atoms with van der Waals surface area (Å²) in [4.78, 5) is 8.93. The Bertz CT molecular complexity index is 1250. The third-order valence-corrected chi connectivity index (χ3v) is 5.21. The predicted octanol–water partition coefficient (Wildman–Crippen LogP) is 5.65. The lowest BCUT2D eigenvalue weighted by atomic mass is 9.98. The number of halogens is 2. The van der Waals surface area contributed by atoms with Gasteiger partial charge in [0, 0.05) is 34.6 Å². The number of hydrogen-bond donors (Lipinski definition) is 1. The van der Waals surface area contributed by atoms with E-state index in [0.29, 0.717) is 30.1 Å². The number of ether oxygens (including phenoxy) is 3. The monoisotopic (exact) mass is 476 g/mol. The van der Waals surface area contributed by atoms with Crippen LogP contribution in [-0.4, -0.2) is 35.9 Å². The van der Waals surface area contributed by atoms with Gasteiger partial charge in [-0.3, -0.25) is 4.98 Å². The molecule has 32 heavy (non-hydrogen) atoms. The Balaban J connectivity index is 0.00000181. The Morgan fingerprint density at radius 3 is 2.25 bits per heavy atom. The van der Waals surface area contributed by atoms with Crippen molar-refractivity contribution in [3.05, 3.63) is 59.4 Å². The van der Waals surface area contributed by atoms with Gasteiger partial charge in [-0.25, -0.2) is 4.98 Å². The topological polar surface area (TPSA) is 73.7 Å². The van der Waals surface area contributed by atoms with Crippen LogP contribution in [0.2, 0.25) is 0 Å². The Hall–Kier alpha value is -2.96. The van der Waals surface area contributed by atoms with Crippen LogP contribution in [0.3, 0.4) is 0 Å². The Kier molecular flexibility index (Phi) is 8.36. The average molecular weight is 477 g/mol. The lowest BCUT2D eigenvalue weighted by molar-refractivity contribution is 0.344. The summed E-state index contributed by atoms with van der Waals surface area (Å²) in [6.07, 6.45) is 2.29. The summed E-state index contributed by atoms with van der Waals surface area (Å²) in [5.74, 6) is 2.03. The molecule has 0 aliphatic rings. The van der Waals surface area contributed by atoms with E-state index in [0.717, 1.165) is 38.7 Å². The SMILES string of the molecule is CCOc1cccc2ncc(Cc3c(O)nc(C)c4cc(OC)c(OC)cc34)cc12.Cl.Cl. The van der Waals surface area contributed by atoms with Gasteiger partial charge in [0.1, 0.15) is 5.75 Å². The highest BCUT2D eigenvalue weighted by Gasteiger charge is 2.17. The minimum absolute atomic E-state index is 0. The lowest BCUT2D eigenvalue weighted by Crippen LogP contribution is -1.99. The number of hydrogen-bond acceptors (Lipinski definition) is 6. The molecule has 2 aromatic carbocycles. The first-order valence-electron chi connectivity index (χ1n) is 9.80. The first-order valence-corrected chi connectivity index (χ1v) is 9.80. The first kappa shape index (κ1) is 25.3. The molecule has 0 saturated heterocycles. The second-order valence-electron chi connectivity index (χ2n) is 7.03. The molecule has 0 atom stereocenters. The van der Waals surface area contributed by atoms with Gasteiger partial charge in [0.2, 0.25) is 5.88 Å². The summed E-state index contributed by atoms with van der Waals surface area (Å²) in [5, 5.41) is 13.4. The maximum Gasteiger partial charge on any atom is 0.215 e. The van der Waals surface area contributed by atoms with E-state index in [1.54, 1.807) is 14.2 Å². The van der Waals surface area contributed by atoms with E-state index in [2.05, 4.69) is 16.0 Å². The van der Waals surface area contributed by atoms with Gasteiger partial charge in [-0.15, -0.1) is 24.8 Å². The summed E-state index contributed by atoms with van der Waals surface area (Å²) >= 11 is 0. The Morgan fingerprint density at radius 2 is 1.59 bits per heavy atom. The van der Waals surface area contributed by atoms with Crippen molar-refractivity contribution >= 4 is 46.5 Å². The summed E-state index contributed by atoms with van der Waals surface area (Å²) in [7, 11) is 3.20. The van der Waals surface area contributed by atoms with Crippen LogP contribution in [0.1, 0.15) is 23.7 Å². The van der Waals surface area contributed by atoms with Crippen LogP contribution in [0.25, 0.3) is 21.7 Å². The highest BCUT2D eigenvalue weighted by molar-refractivity contribution is 5.92. The van der Waals surface area contributed by atoms with E-state index in [1.165, 1.54) is 0 Å². The zero-order valence-corrected chi connectivity index (χ0v) is 20.0. The molecule has 0 spiro atoms. The fourth-order valence-corrected chi connectivity index (χ4v) is 3.76. The van der Waals surface area contributed by atoms with Gasteiger partial charge >= 0.3 is 0 Å². The summed E-state index contributed by atoms with van der Waals surface area (Å²) in [6.45, 7) is 4.40. The fraction of sp³-hybridized carbons (Fsp3) is 0.250. The largest absolute Gasteiger partial charge is 0.493 e. The molecule has 0 amide bonds. The number of aryl methyl sites for hydroxylation is 1. The molecule has 0 radical (unpaired) electrons. The number of aromatic nitrogens is 2.